The third-order valence-electron chi connectivity index (χ3n) is 5.15. The van der Waals surface area contributed by atoms with E-state index in [1.807, 2.05) is 36.1 Å². The van der Waals surface area contributed by atoms with E-state index in [0.29, 0.717) is 31.7 Å². The lowest BCUT2D eigenvalue weighted by molar-refractivity contribution is -0.117. The highest BCUT2D eigenvalue weighted by Gasteiger charge is 2.23. The van der Waals surface area contributed by atoms with Gasteiger partial charge in [-0.1, -0.05) is 23.8 Å². The fourth-order valence-corrected chi connectivity index (χ4v) is 3.29. The molecule has 3 amide bonds. The molecule has 1 fully saturated rings. The van der Waals surface area contributed by atoms with Crippen LogP contribution in [0.25, 0.3) is 0 Å². The van der Waals surface area contributed by atoms with Gasteiger partial charge in [-0.25, -0.2) is 13.6 Å². The van der Waals surface area contributed by atoms with Crippen LogP contribution in [-0.2, 0) is 4.79 Å². The smallest absolute Gasteiger partial charge is 0.317 e. The Kier molecular flexibility index (Phi) is 6.99. The minimum absolute atomic E-state index is 0.0938. The molecule has 0 aromatic heterocycles. The molecule has 1 saturated heterocycles. The molecule has 0 saturated carbocycles. The number of nitrogens with zero attached hydrogens (tertiary/aromatic N) is 2. The molecule has 0 bridgehead atoms. The second-order valence-electron chi connectivity index (χ2n) is 7.52. The number of carbonyl (C=O) groups is 2. The largest absolute Gasteiger partial charge is 0.331 e. The van der Waals surface area contributed by atoms with E-state index in [2.05, 4.69) is 10.6 Å². The zero-order chi connectivity index (χ0) is 21.7. The van der Waals surface area contributed by atoms with Crippen molar-refractivity contribution in [1.82, 2.24) is 15.1 Å². The van der Waals surface area contributed by atoms with Crippen LogP contribution in [0.4, 0.5) is 19.3 Å². The van der Waals surface area contributed by atoms with Crippen molar-refractivity contribution in [2.24, 2.45) is 0 Å². The lowest BCUT2D eigenvalue weighted by Crippen LogP contribution is -2.53. The molecule has 2 N–H and O–H groups in total. The normalized spacial score (nSPS) is 15.5. The van der Waals surface area contributed by atoms with Crippen molar-refractivity contribution in [3.63, 3.8) is 0 Å². The first-order chi connectivity index (χ1) is 14.3. The molecule has 30 heavy (non-hydrogen) atoms. The van der Waals surface area contributed by atoms with Crippen LogP contribution in [0.5, 0.6) is 0 Å². The minimum Gasteiger partial charge on any atom is -0.331 e. The van der Waals surface area contributed by atoms with Crippen molar-refractivity contribution in [2.45, 2.75) is 19.9 Å². The van der Waals surface area contributed by atoms with Gasteiger partial charge in [0.1, 0.15) is 0 Å². The maximum absolute atomic E-state index is 13.4. The highest BCUT2D eigenvalue weighted by Crippen LogP contribution is 2.16. The first-order valence-corrected chi connectivity index (χ1v) is 9.91. The lowest BCUT2D eigenvalue weighted by Gasteiger charge is -2.35. The Balaban J connectivity index is 1.44. The SMILES string of the molecule is Cc1ccc(NC(=O)CN2CCN(C(=O)N[C@@H](C)c3ccc(F)c(F)c3)CC2)cc1. The maximum atomic E-state index is 13.4. The molecular weight excluding hydrogens is 390 g/mol. The van der Waals surface area contributed by atoms with Crippen LogP contribution in [0.2, 0.25) is 0 Å². The van der Waals surface area contributed by atoms with Crippen LogP contribution in [0.3, 0.4) is 0 Å². The standard InChI is InChI=1S/C22H26F2N4O2/c1-15-3-6-18(7-4-15)26-21(29)14-27-9-11-28(12-10-27)22(30)25-16(2)17-5-8-19(23)20(24)13-17/h3-8,13,16H,9-12,14H2,1-2H3,(H,25,30)(H,26,29)/t16-/m0/s1. The number of halogens is 2. The molecule has 3 rings (SSSR count). The van der Waals surface area contributed by atoms with E-state index in [-0.39, 0.29) is 18.5 Å². The van der Waals surface area contributed by atoms with E-state index in [1.54, 1.807) is 11.8 Å². The van der Waals surface area contributed by atoms with E-state index in [9.17, 15) is 18.4 Å². The summed E-state index contributed by atoms with van der Waals surface area (Å²) < 4.78 is 26.5. The molecule has 160 valence electrons. The summed E-state index contributed by atoms with van der Waals surface area (Å²) in [6.45, 7) is 6.08. The third kappa shape index (κ3) is 5.76. The van der Waals surface area contributed by atoms with Crippen molar-refractivity contribution >= 4 is 17.6 Å². The van der Waals surface area contributed by atoms with Gasteiger partial charge in [-0.3, -0.25) is 9.69 Å². The van der Waals surface area contributed by atoms with Crippen molar-refractivity contribution in [3.8, 4) is 0 Å². The van der Waals surface area contributed by atoms with Crippen molar-refractivity contribution in [2.75, 3.05) is 38.0 Å². The van der Waals surface area contributed by atoms with Crippen LogP contribution in [0.1, 0.15) is 24.1 Å². The molecule has 0 unspecified atom stereocenters. The van der Waals surface area contributed by atoms with Gasteiger partial charge < -0.3 is 15.5 Å². The van der Waals surface area contributed by atoms with Crippen LogP contribution in [0, 0.1) is 18.6 Å². The number of amides is 3. The second-order valence-corrected chi connectivity index (χ2v) is 7.52. The summed E-state index contributed by atoms with van der Waals surface area (Å²) in [5, 5.41) is 5.68. The number of hydrogen-bond donors (Lipinski definition) is 2. The molecule has 6 nitrogen and oxygen atoms in total. The first kappa shape index (κ1) is 21.7. The van der Waals surface area contributed by atoms with Gasteiger partial charge in [-0.15, -0.1) is 0 Å². The van der Waals surface area contributed by atoms with Gasteiger partial charge in [0.2, 0.25) is 5.91 Å². The van der Waals surface area contributed by atoms with Gasteiger partial charge in [0.15, 0.2) is 11.6 Å². The molecular formula is C22H26F2N4O2. The first-order valence-electron chi connectivity index (χ1n) is 9.91. The average molecular weight is 416 g/mol. The molecule has 8 heteroatoms. The number of anilines is 1. The van der Waals surface area contributed by atoms with Gasteiger partial charge in [-0.2, -0.15) is 0 Å². The number of piperazine rings is 1. The Hall–Kier alpha value is -3.00. The number of nitrogens with one attached hydrogen (secondary N) is 2. The topological polar surface area (TPSA) is 64.7 Å². The molecule has 0 radical (unpaired) electrons. The molecule has 0 aliphatic carbocycles. The number of rotatable bonds is 5. The predicted octanol–water partition coefficient (Wildman–Crippen LogP) is 3.30. The van der Waals surface area contributed by atoms with Crippen LogP contribution >= 0.6 is 0 Å². The molecule has 1 atom stereocenters. The number of benzene rings is 2. The van der Waals surface area contributed by atoms with Crippen LogP contribution in [-0.4, -0.2) is 54.5 Å². The van der Waals surface area contributed by atoms with Crippen LogP contribution in [0.15, 0.2) is 42.5 Å². The van der Waals surface area contributed by atoms with Gasteiger partial charge in [0, 0.05) is 31.9 Å². The maximum Gasteiger partial charge on any atom is 0.317 e. The summed E-state index contributed by atoms with van der Waals surface area (Å²) in [5.41, 5.74) is 2.38. The van der Waals surface area contributed by atoms with Gasteiger partial charge >= 0.3 is 6.03 Å². The predicted molar refractivity (Wildman–Crippen MR) is 111 cm³/mol. The Morgan fingerprint density at radius 3 is 2.30 bits per heavy atom. The van der Waals surface area contributed by atoms with Gasteiger partial charge in [-0.05, 0) is 43.7 Å². The Morgan fingerprint density at radius 2 is 1.67 bits per heavy atom. The minimum atomic E-state index is -0.939. The third-order valence-corrected chi connectivity index (χ3v) is 5.15. The lowest BCUT2D eigenvalue weighted by atomic mass is 10.1. The summed E-state index contributed by atoms with van der Waals surface area (Å²) in [7, 11) is 0. The highest BCUT2D eigenvalue weighted by molar-refractivity contribution is 5.92. The zero-order valence-corrected chi connectivity index (χ0v) is 17.1. The molecule has 0 spiro atoms. The molecule has 2 aromatic rings. The van der Waals surface area contributed by atoms with E-state index < -0.39 is 17.7 Å². The molecule has 1 heterocycles. The summed E-state index contributed by atoms with van der Waals surface area (Å²) in [4.78, 5) is 28.4. The fraction of sp³-hybridized carbons (Fsp3) is 0.364. The van der Waals surface area contributed by atoms with E-state index in [0.717, 1.165) is 23.4 Å². The Labute approximate surface area is 174 Å². The number of urea groups is 1. The summed E-state index contributed by atoms with van der Waals surface area (Å²) >= 11 is 0. The second kappa shape index (κ2) is 9.67. The number of hydrogen-bond acceptors (Lipinski definition) is 3. The van der Waals surface area contributed by atoms with Crippen molar-refractivity contribution < 1.29 is 18.4 Å². The van der Waals surface area contributed by atoms with E-state index in [4.69, 9.17) is 0 Å². The Morgan fingerprint density at radius 1 is 1.00 bits per heavy atom. The molecule has 1 aliphatic heterocycles. The fourth-order valence-electron chi connectivity index (χ4n) is 3.29. The van der Waals surface area contributed by atoms with Crippen molar-refractivity contribution in [1.29, 1.82) is 0 Å². The summed E-state index contributed by atoms with van der Waals surface area (Å²) in [6.07, 6.45) is 0. The Bertz CT molecular complexity index is 897. The summed E-state index contributed by atoms with van der Waals surface area (Å²) in [6, 6.07) is 10.5. The van der Waals surface area contributed by atoms with Gasteiger partial charge in [0.25, 0.3) is 0 Å². The number of carbonyl (C=O) groups excluding carboxylic acids is 2. The molecule has 2 aromatic carbocycles. The van der Waals surface area contributed by atoms with E-state index in [1.165, 1.54) is 6.07 Å². The van der Waals surface area contributed by atoms with E-state index >= 15 is 0 Å². The highest BCUT2D eigenvalue weighted by atomic mass is 19.2. The number of aryl methyl sites for hydroxylation is 1. The molecule has 1 aliphatic rings. The average Bonchev–Trinajstić information content (AvgIpc) is 2.72. The quantitative estimate of drug-likeness (QED) is 0.786. The van der Waals surface area contributed by atoms with Gasteiger partial charge in [0.05, 0.1) is 12.6 Å². The van der Waals surface area contributed by atoms with Crippen LogP contribution < -0.4 is 10.6 Å². The van der Waals surface area contributed by atoms with Crippen molar-refractivity contribution in [3.05, 3.63) is 65.2 Å². The zero-order valence-electron chi connectivity index (χ0n) is 17.1. The summed E-state index contributed by atoms with van der Waals surface area (Å²) in [5.74, 6) is -1.95. The monoisotopic (exact) mass is 416 g/mol.